The van der Waals surface area contributed by atoms with Crippen LogP contribution in [0.5, 0.6) is 11.5 Å². The lowest BCUT2D eigenvalue weighted by atomic mass is 9.63. The summed E-state index contributed by atoms with van der Waals surface area (Å²) in [6.07, 6.45) is 0. The Morgan fingerprint density at radius 3 is 1.45 bits per heavy atom. The summed E-state index contributed by atoms with van der Waals surface area (Å²) in [5.41, 5.74) is 11.3. The zero-order chi connectivity index (χ0) is 38.9. The summed E-state index contributed by atoms with van der Waals surface area (Å²) in [6.45, 7) is 0. The number of fused-ring (bicyclic) bond motifs is 2. The molecular weight excluding hydrogens is 709 g/mol. The maximum Gasteiger partial charge on any atom is 0.164 e. The molecule has 0 saturated heterocycles. The van der Waals surface area contributed by atoms with Crippen LogP contribution in [0.25, 0.3) is 56.4 Å². The summed E-state index contributed by atoms with van der Waals surface area (Å²) < 4.78 is 6.67. The number of nitriles is 1. The Balaban J connectivity index is 1.09. The molecular formula is C53H34N4O. The molecule has 0 amide bonds. The van der Waals surface area contributed by atoms with Crippen molar-refractivity contribution in [1.29, 1.82) is 5.26 Å². The van der Waals surface area contributed by atoms with Crippen LogP contribution in [0.1, 0.15) is 27.8 Å². The van der Waals surface area contributed by atoms with Crippen molar-refractivity contribution in [3.8, 4) is 74.0 Å². The second kappa shape index (κ2) is 14.6. The zero-order valence-corrected chi connectivity index (χ0v) is 31.3. The van der Waals surface area contributed by atoms with Crippen LogP contribution in [0, 0.1) is 11.3 Å². The molecule has 0 radical (unpaired) electrons. The van der Waals surface area contributed by atoms with Gasteiger partial charge in [-0.15, -0.1) is 0 Å². The minimum atomic E-state index is -0.621. The van der Waals surface area contributed by atoms with Gasteiger partial charge in [-0.3, -0.25) is 0 Å². The van der Waals surface area contributed by atoms with E-state index >= 15 is 0 Å². The average Bonchev–Trinajstić information content (AvgIpc) is 3.31. The van der Waals surface area contributed by atoms with E-state index in [0.717, 1.165) is 61.6 Å². The highest BCUT2D eigenvalue weighted by atomic mass is 16.5. The second-order valence-corrected chi connectivity index (χ2v) is 14.3. The maximum atomic E-state index is 9.24. The summed E-state index contributed by atoms with van der Waals surface area (Å²) in [7, 11) is 0. The molecule has 5 nitrogen and oxygen atoms in total. The predicted molar refractivity (Wildman–Crippen MR) is 230 cm³/mol. The Bertz CT molecular complexity index is 2920. The summed E-state index contributed by atoms with van der Waals surface area (Å²) in [5.74, 6) is 3.44. The SMILES string of the molecule is N#Cc1ccc(-c2ccc(-c3nc(-c4ccccc4)nc(-c4cccc(-c5ccc6c(c5)C(c5ccccc5)(c5ccccc5)c5ccccc5O6)c4)n3)cc2)cc1. The molecule has 0 unspecified atom stereocenters. The molecule has 8 aromatic carbocycles. The molecule has 0 bridgehead atoms. The Morgan fingerprint density at radius 2 is 0.810 bits per heavy atom. The molecule has 58 heavy (non-hydrogen) atoms. The van der Waals surface area contributed by atoms with Crippen LogP contribution >= 0.6 is 0 Å². The van der Waals surface area contributed by atoms with Crippen LogP contribution in [0.2, 0.25) is 0 Å². The van der Waals surface area contributed by atoms with Crippen molar-refractivity contribution < 1.29 is 4.74 Å². The van der Waals surface area contributed by atoms with Crippen molar-refractivity contribution in [3.63, 3.8) is 0 Å². The Hall–Kier alpha value is -7.94. The van der Waals surface area contributed by atoms with E-state index < -0.39 is 5.41 Å². The molecule has 0 aliphatic carbocycles. The van der Waals surface area contributed by atoms with E-state index in [1.807, 2.05) is 72.8 Å². The van der Waals surface area contributed by atoms with E-state index in [4.69, 9.17) is 19.7 Å². The first-order chi connectivity index (χ1) is 28.7. The van der Waals surface area contributed by atoms with E-state index in [9.17, 15) is 5.26 Å². The third-order valence-corrected chi connectivity index (χ3v) is 10.9. The van der Waals surface area contributed by atoms with Gasteiger partial charge in [0, 0.05) is 27.8 Å². The number of nitrogens with zero attached hydrogens (tertiary/aromatic N) is 4. The minimum absolute atomic E-state index is 0.583. The zero-order valence-electron chi connectivity index (χ0n) is 31.3. The number of benzene rings is 8. The summed E-state index contributed by atoms with van der Waals surface area (Å²) in [6, 6.07) is 72.8. The van der Waals surface area contributed by atoms with Crippen molar-refractivity contribution in [1.82, 2.24) is 15.0 Å². The van der Waals surface area contributed by atoms with Gasteiger partial charge in [0.2, 0.25) is 0 Å². The van der Waals surface area contributed by atoms with Crippen LogP contribution < -0.4 is 4.74 Å². The van der Waals surface area contributed by atoms with Gasteiger partial charge in [0.15, 0.2) is 17.5 Å². The van der Waals surface area contributed by atoms with E-state index in [-0.39, 0.29) is 0 Å². The van der Waals surface area contributed by atoms with Crippen molar-refractivity contribution in [3.05, 3.63) is 234 Å². The second-order valence-electron chi connectivity index (χ2n) is 14.3. The Labute approximate surface area is 337 Å². The van der Waals surface area contributed by atoms with Gasteiger partial charge < -0.3 is 4.74 Å². The molecule has 2 heterocycles. The fourth-order valence-electron chi connectivity index (χ4n) is 8.12. The summed E-state index contributed by atoms with van der Waals surface area (Å²) in [5, 5.41) is 9.24. The number of hydrogen-bond acceptors (Lipinski definition) is 5. The molecule has 9 aromatic rings. The number of ether oxygens (including phenoxy) is 1. The lowest BCUT2D eigenvalue weighted by Crippen LogP contribution is -2.34. The number of rotatable bonds is 7. The van der Waals surface area contributed by atoms with Gasteiger partial charge in [-0.25, -0.2) is 15.0 Å². The predicted octanol–water partition coefficient (Wildman–Crippen LogP) is 12.6. The molecule has 1 aromatic heterocycles. The third-order valence-electron chi connectivity index (χ3n) is 10.9. The molecule has 1 aliphatic rings. The van der Waals surface area contributed by atoms with Crippen molar-refractivity contribution in [2.75, 3.05) is 0 Å². The topological polar surface area (TPSA) is 71.7 Å². The minimum Gasteiger partial charge on any atom is -0.457 e. The van der Waals surface area contributed by atoms with E-state index in [2.05, 4.69) is 140 Å². The van der Waals surface area contributed by atoms with Gasteiger partial charge in [-0.2, -0.15) is 5.26 Å². The molecule has 0 spiro atoms. The standard InChI is InChI=1S/C53H34N4O/c54-35-36-23-25-37(26-24-36)38-27-29-40(30-28-38)51-55-50(39-13-4-1-5-14-39)56-52(57-51)43-16-12-15-41(33-43)42-31-32-49-47(34-42)53(44-17-6-2-7-18-44,45-19-8-3-9-20-45)46-21-10-11-22-48(46)58-49/h1-34H. The van der Waals surface area contributed by atoms with Crippen molar-refractivity contribution in [2.45, 2.75) is 5.41 Å². The first kappa shape index (κ1) is 34.5. The van der Waals surface area contributed by atoms with Gasteiger partial charge >= 0.3 is 0 Å². The van der Waals surface area contributed by atoms with Crippen LogP contribution in [0.3, 0.4) is 0 Å². The van der Waals surface area contributed by atoms with Crippen LogP contribution in [-0.2, 0) is 5.41 Å². The van der Waals surface area contributed by atoms with E-state index in [0.29, 0.717) is 23.0 Å². The van der Waals surface area contributed by atoms with Crippen LogP contribution in [-0.4, -0.2) is 15.0 Å². The number of hydrogen-bond donors (Lipinski definition) is 0. The first-order valence-electron chi connectivity index (χ1n) is 19.2. The molecule has 0 saturated carbocycles. The monoisotopic (exact) mass is 742 g/mol. The molecule has 5 heteroatoms. The van der Waals surface area contributed by atoms with Gasteiger partial charge in [-0.05, 0) is 69.8 Å². The highest BCUT2D eigenvalue weighted by Crippen LogP contribution is 2.55. The average molecular weight is 743 g/mol. The maximum absolute atomic E-state index is 9.24. The molecule has 0 N–H and O–H groups in total. The lowest BCUT2D eigenvalue weighted by molar-refractivity contribution is 0.434. The lowest BCUT2D eigenvalue weighted by Gasteiger charge is -2.41. The fraction of sp³-hybridized carbons (Fsp3) is 0.0189. The number of aromatic nitrogens is 3. The fourth-order valence-corrected chi connectivity index (χ4v) is 8.12. The van der Waals surface area contributed by atoms with Gasteiger partial charge in [0.1, 0.15) is 11.5 Å². The highest BCUT2D eigenvalue weighted by molar-refractivity contribution is 5.77. The smallest absolute Gasteiger partial charge is 0.164 e. The largest absolute Gasteiger partial charge is 0.457 e. The first-order valence-corrected chi connectivity index (χ1v) is 19.2. The Morgan fingerprint density at radius 1 is 0.362 bits per heavy atom. The molecule has 0 fully saturated rings. The summed E-state index contributed by atoms with van der Waals surface area (Å²) >= 11 is 0. The Kier molecular flexibility index (Phi) is 8.70. The third kappa shape index (κ3) is 6.10. The molecule has 272 valence electrons. The molecule has 1 aliphatic heterocycles. The summed E-state index contributed by atoms with van der Waals surface area (Å²) in [4.78, 5) is 15.1. The van der Waals surface area contributed by atoms with Gasteiger partial charge in [-0.1, -0.05) is 170 Å². The number of para-hydroxylation sites is 1. The quantitative estimate of drug-likeness (QED) is 0.163. The normalized spacial score (nSPS) is 12.4. The van der Waals surface area contributed by atoms with Crippen molar-refractivity contribution >= 4 is 0 Å². The van der Waals surface area contributed by atoms with Gasteiger partial charge in [0.25, 0.3) is 0 Å². The van der Waals surface area contributed by atoms with Gasteiger partial charge in [0.05, 0.1) is 17.0 Å². The molecule has 0 atom stereocenters. The van der Waals surface area contributed by atoms with E-state index in [1.54, 1.807) is 0 Å². The van der Waals surface area contributed by atoms with E-state index in [1.165, 1.54) is 11.1 Å². The van der Waals surface area contributed by atoms with Crippen molar-refractivity contribution in [2.24, 2.45) is 0 Å². The highest BCUT2D eigenvalue weighted by Gasteiger charge is 2.45. The van der Waals surface area contributed by atoms with Crippen LogP contribution in [0.15, 0.2) is 206 Å². The molecule has 10 rings (SSSR count). The van der Waals surface area contributed by atoms with Crippen LogP contribution in [0.4, 0.5) is 0 Å².